The number of nitrogens with zero attached hydrogens (tertiary/aromatic N) is 1. The van der Waals surface area contributed by atoms with Crippen LogP contribution in [0.25, 0.3) is 0 Å². The molecule has 0 saturated carbocycles. The SMILES string of the molecule is COC1CCN(C(=O)c2ccc(F)c(F)c2F)C(CN)C1. The average molecular weight is 302 g/mol. The van der Waals surface area contributed by atoms with Crippen LogP contribution in [0.2, 0.25) is 0 Å². The van der Waals surface area contributed by atoms with Crippen molar-refractivity contribution in [1.82, 2.24) is 4.90 Å². The molecule has 1 aromatic carbocycles. The molecule has 2 atom stereocenters. The smallest absolute Gasteiger partial charge is 0.257 e. The Hall–Kier alpha value is -1.60. The molecule has 1 aliphatic rings. The number of hydrogen-bond donors (Lipinski definition) is 1. The lowest BCUT2D eigenvalue weighted by Crippen LogP contribution is -2.51. The van der Waals surface area contributed by atoms with E-state index in [0.717, 1.165) is 12.1 Å². The number of nitrogens with two attached hydrogens (primary N) is 1. The fourth-order valence-electron chi connectivity index (χ4n) is 2.56. The van der Waals surface area contributed by atoms with Crippen molar-refractivity contribution in [3.05, 3.63) is 35.1 Å². The standard InChI is InChI=1S/C14H17F3N2O2/c1-21-9-4-5-19(8(6-9)7-18)14(20)10-2-3-11(15)13(17)12(10)16/h2-3,8-9H,4-7,18H2,1H3. The summed E-state index contributed by atoms with van der Waals surface area (Å²) in [6.45, 7) is 0.522. The highest BCUT2D eigenvalue weighted by Gasteiger charge is 2.33. The molecule has 1 saturated heterocycles. The van der Waals surface area contributed by atoms with Crippen LogP contribution < -0.4 is 5.73 Å². The third kappa shape index (κ3) is 3.03. The maximum Gasteiger partial charge on any atom is 0.257 e. The van der Waals surface area contributed by atoms with Crippen molar-refractivity contribution in [1.29, 1.82) is 0 Å². The molecule has 1 heterocycles. The zero-order valence-electron chi connectivity index (χ0n) is 11.6. The van der Waals surface area contributed by atoms with E-state index in [1.165, 1.54) is 4.90 Å². The monoisotopic (exact) mass is 302 g/mol. The maximum atomic E-state index is 13.7. The van der Waals surface area contributed by atoms with Gasteiger partial charge in [-0.1, -0.05) is 0 Å². The number of carbonyl (C=O) groups excluding carboxylic acids is 1. The van der Waals surface area contributed by atoms with Gasteiger partial charge in [0, 0.05) is 26.2 Å². The summed E-state index contributed by atoms with van der Waals surface area (Å²) in [4.78, 5) is 13.7. The van der Waals surface area contributed by atoms with Crippen LogP contribution in [-0.2, 0) is 4.74 Å². The van der Waals surface area contributed by atoms with Crippen LogP contribution >= 0.6 is 0 Å². The second kappa shape index (κ2) is 6.44. The fraction of sp³-hybridized carbons (Fsp3) is 0.500. The third-order valence-electron chi connectivity index (χ3n) is 3.80. The van der Waals surface area contributed by atoms with Crippen molar-refractivity contribution in [3.8, 4) is 0 Å². The Morgan fingerprint density at radius 3 is 2.71 bits per heavy atom. The molecule has 116 valence electrons. The summed E-state index contributed by atoms with van der Waals surface area (Å²) in [5.41, 5.74) is 5.16. The molecule has 0 aromatic heterocycles. The Morgan fingerprint density at radius 1 is 1.38 bits per heavy atom. The van der Waals surface area contributed by atoms with Gasteiger partial charge in [0.2, 0.25) is 0 Å². The highest BCUT2D eigenvalue weighted by atomic mass is 19.2. The van der Waals surface area contributed by atoms with Gasteiger partial charge in [-0.05, 0) is 25.0 Å². The van der Waals surface area contributed by atoms with E-state index in [2.05, 4.69) is 0 Å². The first-order valence-corrected chi connectivity index (χ1v) is 6.66. The quantitative estimate of drug-likeness (QED) is 0.864. The molecule has 4 nitrogen and oxygen atoms in total. The van der Waals surface area contributed by atoms with E-state index in [1.807, 2.05) is 0 Å². The van der Waals surface area contributed by atoms with E-state index in [4.69, 9.17) is 10.5 Å². The highest BCUT2D eigenvalue weighted by Crippen LogP contribution is 2.23. The van der Waals surface area contributed by atoms with Gasteiger partial charge in [-0.25, -0.2) is 13.2 Å². The van der Waals surface area contributed by atoms with Gasteiger partial charge in [0.15, 0.2) is 17.5 Å². The lowest BCUT2D eigenvalue weighted by Gasteiger charge is -2.38. The highest BCUT2D eigenvalue weighted by molar-refractivity contribution is 5.94. The molecule has 1 aliphatic heterocycles. The molecule has 0 radical (unpaired) electrons. The number of halogens is 3. The summed E-state index contributed by atoms with van der Waals surface area (Å²) in [6.07, 6.45) is 1.10. The third-order valence-corrected chi connectivity index (χ3v) is 3.80. The van der Waals surface area contributed by atoms with Gasteiger partial charge in [-0.2, -0.15) is 0 Å². The Kier molecular flexibility index (Phi) is 4.84. The van der Waals surface area contributed by atoms with Crippen molar-refractivity contribution >= 4 is 5.91 Å². The first-order valence-electron chi connectivity index (χ1n) is 6.66. The predicted molar refractivity (Wildman–Crippen MR) is 70.2 cm³/mol. The maximum absolute atomic E-state index is 13.7. The molecule has 21 heavy (non-hydrogen) atoms. The Labute approximate surface area is 120 Å². The topological polar surface area (TPSA) is 55.6 Å². The van der Waals surface area contributed by atoms with Crippen molar-refractivity contribution in [2.75, 3.05) is 20.2 Å². The number of amides is 1. The zero-order valence-corrected chi connectivity index (χ0v) is 11.6. The molecule has 0 bridgehead atoms. The minimum Gasteiger partial charge on any atom is -0.381 e. The van der Waals surface area contributed by atoms with E-state index in [1.54, 1.807) is 7.11 Å². The molecule has 1 aromatic rings. The van der Waals surface area contributed by atoms with Crippen molar-refractivity contribution in [3.63, 3.8) is 0 Å². The second-order valence-corrected chi connectivity index (χ2v) is 4.99. The first-order chi connectivity index (χ1) is 9.99. The molecule has 1 amide bonds. The Morgan fingerprint density at radius 2 is 2.10 bits per heavy atom. The van der Waals surface area contributed by atoms with Gasteiger partial charge in [0.25, 0.3) is 5.91 Å². The van der Waals surface area contributed by atoms with Crippen LogP contribution in [0.4, 0.5) is 13.2 Å². The summed E-state index contributed by atoms with van der Waals surface area (Å²) >= 11 is 0. The largest absolute Gasteiger partial charge is 0.381 e. The molecule has 0 aliphatic carbocycles. The number of methoxy groups -OCH3 is 1. The summed E-state index contributed by atoms with van der Waals surface area (Å²) in [7, 11) is 1.57. The molecule has 0 spiro atoms. The summed E-state index contributed by atoms with van der Waals surface area (Å²) in [5.74, 6) is -5.12. The lowest BCUT2D eigenvalue weighted by molar-refractivity contribution is 0.0136. The van der Waals surface area contributed by atoms with E-state index >= 15 is 0 Å². The Balaban J connectivity index is 2.25. The summed E-state index contributed by atoms with van der Waals surface area (Å²) in [5, 5.41) is 0. The van der Waals surface area contributed by atoms with Gasteiger partial charge in [0.05, 0.1) is 11.7 Å². The molecular weight excluding hydrogens is 285 g/mol. The molecule has 7 heteroatoms. The fourth-order valence-corrected chi connectivity index (χ4v) is 2.56. The molecule has 2 rings (SSSR count). The zero-order chi connectivity index (χ0) is 15.6. The normalized spacial score (nSPS) is 22.4. The number of rotatable bonds is 3. The molecular formula is C14H17F3N2O2. The van der Waals surface area contributed by atoms with E-state index in [-0.39, 0.29) is 18.7 Å². The van der Waals surface area contributed by atoms with Crippen LogP contribution in [-0.4, -0.2) is 43.2 Å². The minimum atomic E-state index is -1.64. The predicted octanol–water partition coefficient (Wildman–Crippen LogP) is 1.68. The van der Waals surface area contributed by atoms with E-state index in [9.17, 15) is 18.0 Å². The van der Waals surface area contributed by atoms with Crippen LogP contribution in [0.3, 0.4) is 0 Å². The van der Waals surface area contributed by atoms with Crippen molar-refractivity contribution in [2.24, 2.45) is 5.73 Å². The average Bonchev–Trinajstić information content (AvgIpc) is 2.51. The van der Waals surface area contributed by atoms with Gasteiger partial charge in [-0.15, -0.1) is 0 Å². The molecule has 2 N–H and O–H groups in total. The van der Waals surface area contributed by atoms with E-state index < -0.39 is 28.9 Å². The number of likely N-dealkylation sites (tertiary alicyclic amines) is 1. The number of ether oxygens (including phenoxy) is 1. The number of benzene rings is 1. The lowest BCUT2D eigenvalue weighted by atomic mass is 9.98. The van der Waals surface area contributed by atoms with E-state index in [0.29, 0.717) is 19.4 Å². The van der Waals surface area contributed by atoms with Crippen LogP contribution in [0.5, 0.6) is 0 Å². The number of hydrogen-bond acceptors (Lipinski definition) is 3. The van der Waals surface area contributed by atoms with Gasteiger partial charge < -0.3 is 15.4 Å². The van der Waals surface area contributed by atoms with Gasteiger partial charge >= 0.3 is 0 Å². The second-order valence-electron chi connectivity index (χ2n) is 4.99. The Bertz CT molecular complexity index is 539. The van der Waals surface area contributed by atoms with Crippen LogP contribution in [0, 0.1) is 17.5 Å². The first kappa shape index (κ1) is 15.8. The molecule has 1 fully saturated rings. The summed E-state index contributed by atoms with van der Waals surface area (Å²) in [6, 6.07) is 1.38. The van der Waals surface area contributed by atoms with Crippen LogP contribution in [0.15, 0.2) is 12.1 Å². The van der Waals surface area contributed by atoms with Crippen molar-refractivity contribution < 1.29 is 22.7 Å². The summed E-state index contributed by atoms with van der Waals surface area (Å²) < 4.78 is 45.1. The number of carbonyl (C=O) groups is 1. The van der Waals surface area contributed by atoms with Crippen molar-refractivity contribution in [2.45, 2.75) is 25.0 Å². The van der Waals surface area contributed by atoms with Gasteiger partial charge in [0.1, 0.15) is 0 Å². The minimum absolute atomic E-state index is 0.0163. The van der Waals surface area contributed by atoms with Crippen LogP contribution in [0.1, 0.15) is 23.2 Å². The van der Waals surface area contributed by atoms with Gasteiger partial charge in [-0.3, -0.25) is 4.79 Å². The number of piperidine rings is 1. The molecule has 2 unspecified atom stereocenters.